The Labute approximate surface area is 133 Å². The van der Waals surface area contributed by atoms with Gasteiger partial charge in [-0.2, -0.15) is 0 Å². The second-order valence-electron chi connectivity index (χ2n) is 8.85. The van der Waals surface area contributed by atoms with Gasteiger partial charge in [0, 0.05) is 12.5 Å². The van der Waals surface area contributed by atoms with Gasteiger partial charge in [0.15, 0.2) is 5.78 Å². The highest BCUT2D eigenvalue weighted by molar-refractivity contribution is 5.91. The number of fused-ring (bicyclic) bond motifs is 5. The number of aliphatic hydroxyl groups is 1. The zero-order chi connectivity index (χ0) is 15.7. The number of carbonyl (C=O) groups is 1. The van der Waals surface area contributed by atoms with Gasteiger partial charge in [0.25, 0.3) is 0 Å². The Bertz CT molecular complexity index is 542. The Morgan fingerprint density at radius 2 is 2.00 bits per heavy atom. The summed E-state index contributed by atoms with van der Waals surface area (Å²) in [5, 5.41) is 11.0. The quantitative estimate of drug-likeness (QED) is 0.723. The molecule has 0 aromatic heterocycles. The number of ketones is 1. The predicted molar refractivity (Wildman–Crippen MR) is 86.1 cm³/mol. The van der Waals surface area contributed by atoms with E-state index in [-0.39, 0.29) is 28.8 Å². The zero-order valence-electron chi connectivity index (χ0n) is 13.8. The predicted octanol–water partition coefficient (Wildman–Crippen LogP) is 2.82. The van der Waals surface area contributed by atoms with E-state index in [0.717, 1.165) is 32.1 Å². The van der Waals surface area contributed by atoms with Crippen LogP contribution in [0.5, 0.6) is 0 Å². The number of hydrogen-bond acceptors (Lipinski definition) is 3. The van der Waals surface area contributed by atoms with Crippen LogP contribution in [0.1, 0.15) is 58.8 Å². The van der Waals surface area contributed by atoms with E-state index >= 15 is 0 Å². The molecule has 0 radical (unpaired) electrons. The Kier molecular flexibility index (Phi) is 3.16. The van der Waals surface area contributed by atoms with Gasteiger partial charge in [0.05, 0.1) is 6.10 Å². The highest BCUT2D eigenvalue weighted by atomic mass is 16.3. The van der Waals surface area contributed by atoms with Gasteiger partial charge < -0.3 is 10.8 Å². The van der Waals surface area contributed by atoms with Crippen molar-refractivity contribution in [3.05, 3.63) is 11.6 Å². The Hall–Kier alpha value is -0.670. The van der Waals surface area contributed by atoms with E-state index in [1.54, 1.807) is 0 Å². The first-order valence-corrected chi connectivity index (χ1v) is 9.04. The molecule has 3 N–H and O–H groups in total. The molecule has 4 aliphatic rings. The molecule has 3 heteroatoms. The second-order valence-corrected chi connectivity index (χ2v) is 8.85. The molecule has 122 valence electrons. The molecule has 3 unspecified atom stereocenters. The van der Waals surface area contributed by atoms with Gasteiger partial charge >= 0.3 is 0 Å². The molecule has 0 aromatic rings. The molecule has 0 heterocycles. The van der Waals surface area contributed by atoms with Crippen molar-refractivity contribution < 1.29 is 9.90 Å². The lowest BCUT2D eigenvalue weighted by Crippen LogP contribution is -2.58. The summed E-state index contributed by atoms with van der Waals surface area (Å²) < 4.78 is 0. The molecule has 22 heavy (non-hydrogen) atoms. The van der Waals surface area contributed by atoms with E-state index in [2.05, 4.69) is 13.8 Å². The average Bonchev–Trinajstić information content (AvgIpc) is 2.75. The first-order chi connectivity index (χ1) is 10.4. The number of hydrogen-bond donors (Lipinski definition) is 2. The van der Waals surface area contributed by atoms with Crippen LogP contribution in [0, 0.1) is 28.6 Å². The van der Waals surface area contributed by atoms with Crippen LogP contribution < -0.4 is 5.73 Å². The highest BCUT2D eigenvalue weighted by Gasteiger charge is 2.61. The number of allylic oxidation sites excluding steroid dienone is 1. The van der Waals surface area contributed by atoms with Gasteiger partial charge in [-0.1, -0.05) is 19.4 Å². The number of nitrogens with two attached hydrogens (primary N) is 1. The minimum atomic E-state index is -0.266. The fourth-order valence-electron chi connectivity index (χ4n) is 6.73. The van der Waals surface area contributed by atoms with Crippen LogP contribution in [0.4, 0.5) is 0 Å². The van der Waals surface area contributed by atoms with Crippen molar-refractivity contribution in [1.82, 2.24) is 0 Å². The number of rotatable bonds is 0. The lowest BCUT2D eigenvalue weighted by Gasteiger charge is -2.59. The minimum Gasteiger partial charge on any atom is -0.393 e. The summed E-state index contributed by atoms with van der Waals surface area (Å²) in [5.74, 6) is 1.84. The molecule has 0 spiro atoms. The third-order valence-electron chi connectivity index (χ3n) is 7.97. The zero-order valence-corrected chi connectivity index (χ0v) is 13.8. The summed E-state index contributed by atoms with van der Waals surface area (Å²) in [4.78, 5) is 11.8. The molecule has 3 saturated carbocycles. The summed E-state index contributed by atoms with van der Waals surface area (Å²) in [6, 6.07) is 0.241. The van der Waals surface area contributed by atoms with Gasteiger partial charge in [-0.05, 0) is 73.2 Å². The lowest BCUT2D eigenvalue weighted by atomic mass is 9.46. The maximum absolute atomic E-state index is 11.8. The second kappa shape index (κ2) is 4.67. The molecule has 7 atom stereocenters. The van der Waals surface area contributed by atoms with E-state index in [4.69, 9.17) is 5.73 Å². The molecule has 3 nitrogen and oxygen atoms in total. The van der Waals surface area contributed by atoms with Crippen molar-refractivity contribution in [2.24, 2.45) is 34.3 Å². The number of aliphatic hydroxyl groups excluding tert-OH is 1. The molecule has 4 rings (SSSR count). The van der Waals surface area contributed by atoms with Crippen LogP contribution in [0.15, 0.2) is 11.6 Å². The maximum atomic E-state index is 11.8. The fraction of sp³-hybridized carbons (Fsp3) is 0.842. The van der Waals surface area contributed by atoms with Crippen LogP contribution in [-0.4, -0.2) is 23.0 Å². The largest absolute Gasteiger partial charge is 0.393 e. The SMILES string of the molecule is C[C@]12CCC(=O)C=C1CCC1C2[C@@H](O)C[C@@]2(C)C1CC[C@@H]2N. The van der Waals surface area contributed by atoms with Crippen molar-refractivity contribution in [2.45, 2.75) is 70.9 Å². The van der Waals surface area contributed by atoms with Crippen molar-refractivity contribution in [2.75, 3.05) is 0 Å². The van der Waals surface area contributed by atoms with Crippen molar-refractivity contribution in [3.8, 4) is 0 Å². The first kappa shape index (κ1) is 14.9. The minimum absolute atomic E-state index is 0.0320. The van der Waals surface area contributed by atoms with Gasteiger partial charge in [0.1, 0.15) is 0 Å². The van der Waals surface area contributed by atoms with Crippen molar-refractivity contribution >= 4 is 5.78 Å². The Morgan fingerprint density at radius 3 is 2.77 bits per heavy atom. The number of carbonyl (C=O) groups excluding carboxylic acids is 1. The van der Waals surface area contributed by atoms with E-state index in [0.29, 0.717) is 24.2 Å². The van der Waals surface area contributed by atoms with Crippen LogP contribution >= 0.6 is 0 Å². The smallest absolute Gasteiger partial charge is 0.155 e. The van der Waals surface area contributed by atoms with Gasteiger partial charge in [-0.25, -0.2) is 0 Å². The van der Waals surface area contributed by atoms with Crippen LogP contribution in [0.3, 0.4) is 0 Å². The Morgan fingerprint density at radius 1 is 1.23 bits per heavy atom. The van der Waals surface area contributed by atoms with E-state index in [1.807, 2.05) is 6.08 Å². The summed E-state index contributed by atoms with van der Waals surface area (Å²) in [5.41, 5.74) is 7.88. The molecular weight excluding hydrogens is 274 g/mol. The van der Waals surface area contributed by atoms with Crippen LogP contribution in [0.2, 0.25) is 0 Å². The lowest BCUT2D eigenvalue weighted by molar-refractivity contribution is -0.129. The summed E-state index contributed by atoms with van der Waals surface area (Å²) in [7, 11) is 0. The normalized spacial score (nSPS) is 54.3. The molecule has 0 amide bonds. The topological polar surface area (TPSA) is 63.3 Å². The highest BCUT2D eigenvalue weighted by Crippen LogP contribution is 2.64. The van der Waals surface area contributed by atoms with Gasteiger partial charge in [-0.3, -0.25) is 4.79 Å². The van der Waals surface area contributed by atoms with Crippen molar-refractivity contribution in [3.63, 3.8) is 0 Å². The maximum Gasteiger partial charge on any atom is 0.155 e. The summed E-state index contributed by atoms with van der Waals surface area (Å²) >= 11 is 0. The fourth-order valence-corrected chi connectivity index (χ4v) is 6.73. The third kappa shape index (κ3) is 1.78. The van der Waals surface area contributed by atoms with E-state index < -0.39 is 0 Å². The molecule has 3 fully saturated rings. The van der Waals surface area contributed by atoms with Crippen LogP contribution in [0.25, 0.3) is 0 Å². The van der Waals surface area contributed by atoms with Crippen LogP contribution in [-0.2, 0) is 4.79 Å². The van der Waals surface area contributed by atoms with E-state index in [1.165, 1.54) is 12.0 Å². The molecule has 0 aromatic carbocycles. The molecule has 0 bridgehead atoms. The first-order valence-electron chi connectivity index (χ1n) is 9.04. The standard InChI is InChI=1S/C19H29NO2/c1-18-8-7-12(21)9-11(18)3-4-13-14-5-6-16(20)19(14,2)10-15(22)17(13)18/h9,13-17,22H,3-8,10,20H2,1-2H3/t13?,14?,15-,16-,17?,18-,19-/m0/s1. The Balaban J connectivity index is 1.74. The molecule has 4 aliphatic carbocycles. The average molecular weight is 303 g/mol. The molecular formula is C19H29NO2. The molecule has 0 aliphatic heterocycles. The molecule has 0 saturated heterocycles. The van der Waals surface area contributed by atoms with Crippen molar-refractivity contribution in [1.29, 1.82) is 0 Å². The third-order valence-corrected chi connectivity index (χ3v) is 7.97. The summed E-state index contributed by atoms with van der Waals surface area (Å²) in [6.07, 6.45) is 8.55. The van der Waals surface area contributed by atoms with E-state index in [9.17, 15) is 9.90 Å². The van der Waals surface area contributed by atoms with Gasteiger partial charge in [0.2, 0.25) is 0 Å². The van der Waals surface area contributed by atoms with Gasteiger partial charge in [-0.15, -0.1) is 0 Å². The monoisotopic (exact) mass is 303 g/mol. The summed E-state index contributed by atoms with van der Waals surface area (Å²) in [6.45, 7) is 4.62.